The van der Waals surface area contributed by atoms with Gasteiger partial charge in [0.1, 0.15) is 11.4 Å². The molecule has 1 heterocycles. The fourth-order valence-corrected chi connectivity index (χ4v) is 6.55. The number of hydrogen-bond donors (Lipinski definition) is 0. The molecule has 6 atom stereocenters. The van der Waals surface area contributed by atoms with Crippen molar-refractivity contribution in [1.29, 1.82) is 0 Å². The number of carbonyl (C=O) groups excluding carboxylic acids is 2. The first-order chi connectivity index (χ1) is 12.8. The largest absolute Gasteiger partial charge is 0.276 e. The van der Waals surface area contributed by atoms with Crippen molar-refractivity contribution in [1.82, 2.24) is 10.0 Å². The van der Waals surface area contributed by atoms with Crippen LogP contribution in [0.25, 0.3) is 0 Å². The Balaban J connectivity index is 1.50. The highest BCUT2D eigenvalue weighted by Crippen LogP contribution is 2.61. The Morgan fingerprint density at radius 2 is 1.74 bits per heavy atom. The van der Waals surface area contributed by atoms with Crippen LogP contribution in [0.15, 0.2) is 24.3 Å². The minimum absolute atomic E-state index is 0.0111. The molecule has 0 N–H and O–H groups in total. The van der Waals surface area contributed by atoms with Gasteiger partial charge < -0.3 is 0 Å². The van der Waals surface area contributed by atoms with Crippen LogP contribution >= 0.6 is 0 Å². The highest BCUT2D eigenvalue weighted by molar-refractivity contribution is 6.04. The number of amides is 2. The van der Waals surface area contributed by atoms with Crippen molar-refractivity contribution in [2.24, 2.45) is 29.6 Å². The fourth-order valence-electron chi connectivity index (χ4n) is 6.55. The molecule has 0 spiro atoms. The Labute approximate surface area is 159 Å². The minimum Gasteiger partial charge on any atom is -0.270 e. The Kier molecular flexibility index (Phi) is 3.54. The minimum atomic E-state index is -0.924. The lowest BCUT2D eigenvalue weighted by molar-refractivity contribution is -0.217. The van der Waals surface area contributed by atoms with Crippen molar-refractivity contribution in [3.05, 3.63) is 35.6 Å². The van der Waals surface area contributed by atoms with E-state index in [2.05, 4.69) is 6.92 Å². The number of nitrogens with zero attached hydrogens (tertiary/aromatic N) is 2. The van der Waals surface area contributed by atoms with Crippen molar-refractivity contribution in [2.45, 2.75) is 58.0 Å². The maximum Gasteiger partial charge on any atom is 0.276 e. The van der Waals surface area contributed by atoms with Gasteiger partial charge in [0.05, 0.1) is 11.6 Å². The van der Waals surface area contributed by atoms with Gasteiger partial charge in [-0.3, -0.25) is 9.59 Å². The van der Waals surface area contributed by atoms with Crippen LogP contribution in [0.3, 0.4) is 0 Å². The molecule has 4 aliphatic rings. The predicted octanol–water partition coefficient (Wildman–Crippen LogP) is 3.87. The van der Waals surface area contributed by atoms with Gasteiger partial charge >= 0.3 is 0 Å². The second-order valence-electron chi connectivity index (χ2n) is 9.66. The predicted molar refractivity (Wildman–Crippen MR) is 98.9 cm³/mol. The molecule has 0 aromatic heterocycles. The number of carbonyl (C=O) groups is 2. The first-order valence-corrected chi connectivity index (χ1v) is 10.2. The van der Waals surface area contributed by atoms with E-state index in [4.69, 9.17) is 0 Å². The third kappa shape index (κ3) is 2.20. The van der Waals surface area contributed by atoms with Gasteiger partial charge in [0.2, 0.25) is 0 Å². The van der Waals surface area contributed by atoms with E-state index >= 15 is 0 Å². The highest BCUT2D eigenvalue weighted by atomic mass is 19.1. The number of rotatable bonds is 2. The van der Waals surface area contributed by atoms with Crippen LogP contribution in [0.2, 0.25) is 0 Å². The van der Waals surface area contributed by atoms with Crippen LogP contribution in [0, 0.1) is 35.4 Å². The second kappa shape index (κ2) is 5.55. The van der Waals surface area contributed by atoms with Crippen LogP contribution in [0.4, 0.5) is 4.39 Å². The summed E-state index contributed by atoms with van der Waals surface area (Å²) in [6.07, 6.45) is 4.82. The van der Waals surface area contributed by atoms with Crippen LogP contribution in [-0.4, -0.2) is 33.4 Å². The fraction of sp³-hybridized carbons (Fsp3) is 0.636. The molecule has 4 nitrogen and oxygen atoms in total. The second-order valence-corrected chi connectivity index (χ2v) is 9.66. The number of fused-ring (bicyclic) bond motifs is 1. The van der Waals surface area contributed by atoms with E-state index in [0.717, 1.165) is 24.2 Å². The molecule has 0 radical (unpaired) electrons. The van der Waals surface area contributed by atoms with Crippen molar-refractivity contribution in [3.63, 3.8) is 0 Å². The molecule has 1 aromatic carbocycles. The lowest BCUT2D eigenvalue weighted by Crippen LogP contribution is -2.79. The van der Waals surface area contributed by atoms with Gasteiger partial charge in [0.25, 0.3) is 11.8 Å². The van der Waals surface area contributed by atoms with Crippen molar-refractivity contribution >= 4 is 11.8 Å². The Bertz CT molecular complexity index is 822. The zero-order valence-corrected chi connectivity index (χ0v) is 16.2. The van der Waals surface area contributed by atoms with Crippen molar-refractivity contribution < 1.29 is 14.0 Å². The molecule has 5 heteroatoms. The molecule has 2 bridgehead atoms. The van der Waals surface area contributed by atoms with Gasteiger partial charge in [0, 0.05) is 0 Å². The highest BCUT2D eigenvalue weighted by Gasteiger charge is 2.63. The summed E-state index contributed by atoms with van der Waals surface area (Å²) in [7, 11) is 0. The van der Waals surface area contributed by atoms with Gasteiger partial charge in [-0.25, -0.2) is 14.4 Å². The Morgan fingerprint density at radius 3 is 2.48 bits per heavy atom. The smallest absolute Gasteiger partial charge is 0.270 e. The van der Waals surface area contributed by atoms with Gasteiger partial charge in [-0.1, -0.05) is 19.1 Å². The molecular weight excluding hydrogens is 343 g/mol. The van der Waals surface area contributed by atoms with E-state index in [-0.39, 0.29) is 17.5 Å². The first kappa shape index (κ1) is 17.2. The van der Waals surface area contributed by atoms with E-state index < -0.39 is 17.3 Å². The number of halogens is 1. The molecular formula is C22H27FN2O2. The van der Waals surface area contributed by atoms with Crippen molar-refractivity contribution in [3.8, 4) is 0 Å². The molecule has 144 valence electrons. The van der Waals surface area contributed by atoms with Crippen LogP contribution in [-0.2, 0) is 4.79 Å². The van der Waals surface area contributed by atoms with E-state index in [9.17, 15) is 14.0 Å². The van der Waals surface area contributed by atoms with Gasteiger partial charge in [-0.15, -0.1) is 0 Å². The van der Waals surface area contributed by atoms with Gasteiger partial charge in [0.15, 0.2) is 0 Å². The zero-order valence-electron chi connectivity index (χ0n) is 16.2. The molecule has 4 fully saturated rings. The summed E-state index contributed by atoms with van der Waals surface area (Å²) < 4.78 is 14.3. The molecule has 1 aromatic rings. The standard InChI is InChI=1S/C22H27FN2O2/c1-12-8-13-9-14-10-15(11-17(13)14)19(12)24-21(27)22(2,3)25(24)20(26)16-6-4-5-7-18(16)23/h4-7,12-15,17,19H,8-11H2,1-3H3. The molecule has 1 aliphatic heterocycles. The quantitative estimate of drug-likeness (QED) is 0.793. The summed E-state index contributed by atoms with van der Waals surface area (Å²) >= 11 is 0. The van der Waals surface area contributed by atoms with Crippen LogP contribution in [0.5, 0.6) is 0 Å². The van der Waals surface area contributed by atoms with E-state index in [0.29, 0.717) is 11.8 Å². The Morgan fingerprint density at radius 1 is 1.07 bits per heavy atom. The summed E-state index contributed by atoms with van der Waals surface area (Å²) in [5.41, 5.74) is -0.886. The molecule has 1 saturated heterocycles. The first-order valence-electron chi connectivity index (χ1n) is 10.2. The lowest BCUT2D eigenvalue weighted by atomic mass is 9.63. The molecule has 2 amide bonds. The van der Waals surface area contributed by atoms with Gasteiger partial charge in [-0.2, -0.15) is 0 Å². The maximum atomic E-state index is 14.3. The summed E-state index contributed by atoms with van der Waals surface area (Å²) in [6.45, 7) is 5.75. The number of hydrazine groups is 1. The zero-order chi connectivity index (χ0) is 19.1. The molecule has 3 aliphatic carbocycles. The summed E-state index contributed by atoms with van der Waals surface area (Å²) in [5, 5.41) is 3.25. The topological polar surface area (TPSA) is 40.6 Å². The molecule has 5 rings (SSSR count). The van der Waals surface area contributed by atoms with E-state index in [1.807, 2.05) is 0 Å². The average Bonchev–Trinajstić information content (AvgIpc) is 2.90. The summed E-state index contributed by atoms with van der Waals surface area (Å²) in [4.78, 5) is 26.3. The van der Waals surface area contributed by atoms with E-state index in [1.165, 1.54) is 31.4 Å². The maximum absolute atomic E-state index is 14.3. The van der Waals surface area contributed by atoms with Crippen LogP contribution < -0.4 is 0 Å². The monoisotopic (exact) mass is 370 g/mol. The third-order valence-electron chi connectivity index (χ3n) is 7.79. The van der Waals surface area contributed by atoms with Crippen molar-refractivity contribution in [2.75, 3.05) is 0 Å². The number of benzene rings is 1. The SMILES string of the molecule is CC1CC2CC3CC(CC23)C1N1C(=O)C(C)(C)N1C(=O)c1ccccc1F. The normalized spacial score (nSPS) is 38.9. The average molecular weight is 370 g/mol. The number of hydrogen-bond acceptors (Lipinski definition) is 2. The van der Waals surface area contributed by atoms with E-state index in [1.54, 1.807) is 36.0 Å². The summed E-state index contributed by atoms with van der Waals surface area (Å²) in [5.74, 6) is 2.30. The Hall–Kier alpha value is -1.91. The van der Waals surface area contributed by atoms with Crippen LogP contribution in [0.1, 0.15) is 56.8 Å². The third-order valence-corrected chi connectivity index (χ3v) is 7.79. The molecule has 3 saturated carbocycles. The van der Waals surface area contributed by atoms with Gasteiger partial charge in [-0.05, 0) is 81.3 Å². The summed E-state index contributed by atoms with van der Waals surface area (Å²) in [6, 6.07) is 6.11. The lowest BCUT2D eigenvalue weighted by Gasteiger charge is -2.60. The molecule has 6 unspecified atom stereocenters. The molecule has 27 heavy (non-hydrogen) atoms.